The Hall–Kier alpha value is -2.14. The molecule has 3 aromatic rings. The summed E-state index contributed by atoms with van der Waals surface area (Å²) in [6.45, 7) is 4.29. The molecule has 2 heterocycles. The Balaban J connectivity index is 1.75. The van der Waals surface area contributed by atoms with Crippen LogP contribution < -0.4 is 5.32 Å². The van der Waals surface area contributed by atoms with Gasteiger partial charge in [0.05, 0.1) is 0 Å². The molecule has 3 rings (SSSR count). The van der Waals surface area contributed by atoms with Crippen molar-refractivity contribution >= 4 is 28.7 Å². The average molecular weight is 310 g/mol. The minimum atomic E-state index is 0.183. The van der Waals surface area contributed by atoms with E-state index in [0.29, 0.717) is 5.65 Å². The molecule has 0 saturated heterocycles. The topological polar surface area (TPSA) is 50.7 Å². The number of thioether (sulfide) groups is 1. The van der Waals surface area contributed by atoms with Crippen LogP contribution in [0, 0.1) is 0 Å². The van der Waals surface area contributed by atoms with Gasteiger partial charge in [-0.3, -0.25) is 4.98 Å². The zero-order chi connectivity index (χ0) is 15.4. The Morgan fingerprint density at radius 3 is 2.59 bits per heavy atom. The molecular formula is C17H18N4S. The number of pyridine rings is 1. The van der Waals surface area contributed by atoms with Gasteiger partial charge in [-0.05, 0) is 42.5 Å². The molecule has 112 valence electrons. The Labute approximate surface area is 134 Å². The largest absolute Gasteiger partial charge is 0.363 e. The molecule has 1 aromatic carbocycles. The molecule has 1 unspecified atom stereocenters. The van der Waals surface area contributed by atoms with Crippen molar-refractivity contribution in [3.63, 3.8) is 0 Å². The third-order valence-electron chi connectivity index (χ3n) is 3.39. The van der Waals surface area contributed by atoms with Crippen LogP contribution in [0.4, 0.5) is 5.82 Å². The van der Waals surface area contributed by atoms with Crippen LogP contribution in [0.5, 0.6) is 0 Å². The smallest absolute Gasteiger partial charge is 0.180 e. The highest BCUT2D eigenvalue weighted by Crippen LogP contribution is 2.23. The number of aromatic nitrogens is 3. The second-order valence-electron chi connectivity index (χ2n) is 4.96. The summed E-state index contributed by atoms with van der Waals surface area (Å²) in [6, 6.07) is 12.7. The van der Waals surface area contributed by atoms with E-state index in [1.54, 1.807) is 12.4 Å². The summed E-state index contributed by atoms with van der Waals surface area (Å²) in [5.41, 5.74) is 2.71. The van der Waals surface area contributed by atoms with Crippen molar-refractivity contribution in [2.45, 2.75) is 24.8 Å². The van der Waals surface area contributed by atoms with Gasteiger partial charge in [0.25, 0.3) is 0 Å². The number of benzene rings is 1. The molecule has 1 atom stereocenters. The molecule has 0 saturated carbocycles. The highest BCUT2D eigenvalue weighted by atomic mass is 32.2. The van der Waals surface area contributed by atoms with E-state index in [2.05, 4.69) is 58.4 Å². The Morgan fingerprint density at radius 2 is 1.82 bits per heavy atom. The predicted molar refractivity (Wildman–Crippen MR) is 92.2 cm³/mol. The lowest BCUT2D eigenvalue weighted by molar-refractivity contribution is 0.874. The van der Waals surface area contributed by atoms with E-state index in [1.807, 2.05) is 23.9 Å². The fourth-order valence-corrected chi connectivity index (χ4v) is 2.92. The van der Waals surface area contributed by atoms with Gasteiger partial charge in [-0.25, -0.2) is 9.97 Å². The second kappa shape index (κ2) is 6.75. The first kappa shape index (κ1) is 14.8. The van der Waals surface area contributed by atoms with E-state index in [1.165, 1.54) is 10.5 Å². The quantitative estimate of drug-likeness (QED) is 0.712. The van der Waals surface area contributed by atoms with Crippen LogP contribution in [-0.2, 0) is 0 Å². The maximum Gasteiger partial charge on any atom is 0.180 e. The molecule has 5 heteroatoms. The first-order valence-corrected chi connectivity index (χ1v) is 8.32. The van der Waals surface area contributed by atoms with Crippen molar-refractivity contribution in [1.29, 1.82) is 0 Å². The molecule has 4 nitrogen and oxygen atoms in total. The highest BCUT2D eigenvalue weighted by molar-refractivity contribution is 7.99. The summed E-state index contributed by atoms with van der Waals surface area (Å²) >= 11 is 1.85. The fourth-order valence-electron chi connectivity index (χ4n) is 2.26. The number of hydrogen-bond donors (Lipinski definition) is 1. The molecule has 0 amide bonds. The first-order valence-electron chi connectivity index (χ1n) is 7.33. The summed E-state index contributed by atoms with van der Waals surface area (Å²) in [7, 11) is 0. The predicted octanol–water partition coefficient (Wildman–Crippen LogP) is 4.31. The summed E-state index contributed by atoms with van der Waals surface area (Å²) in [5.74, 6) is 1.90. The number of fused-ring (bicyclic) bond motifs is 1. The summed E-state index contributed by atoms with van der Waals surface area (Å²) in [5, 5.41) is 3.42. The van der Waals surface area contributed by atoms with Crippen LogP contribution in [0.1, 0.15) is 25.5 Å². The van der Waals surface area contributed by atoms with Gasteiger partial charge in [-0.15, -0.1) is 11.8 Å². The number of nitrogens with zero attached hydrogens (tertiary/aromatic N) is 3. The van der Waals surface area contributed by atoms with Crippen LogP contribution >= 0.6 is 11.8 Å². The van der Waals surface area contributed by atoms with Crippen molar-refractivity contribution in [3.05, 3.63) is 54.4 Å². The lowest BCUT2D eigenvalue weighted by atomic mass is 10.1. The molecule has 22 heavy (non-hydrogen) atoms. The van der Waals surface area contributed by atoms with Gasteiger partial charge < -0.3 is 5.32 Å². The summed E-state index contributed by atoms with van der Waals surface area (Å²) < 4.78 is 0. The van der Waals surface area contributed by atoms with E-state index < -0.39 is 0 Å². The summed E-state index contributed by atoms with van der Waals surface area (Å²) in [6.07, 6.45) is 3.34. The van der Waals surface area contributed by atoms with Gasteiger partial charge in [-0.1, -0.05) is 19.1 Å². The molecule has 0 fully saturated rings. The average Bonchev–Trinajstić information content (AvgIpc) is 2.56. The maximum absolute atomic E-state index is 4.50. The zero-order valence-corrected chi connectivity index (χ0v) is 13.5. The SMILES string of the molecule is CCSc1ccc(C(C)Nc2ccc3nccnc3n2)cc1. The molecule has 0 aliphatic heterocycles. The Kier molecular flexibility index (Phi) is 4.53. The van der Waals surface area contributed by atoms with Crippen LogP contribution in [0.25, 0.3) is 11.2 Å². The number of nitrogens with one attached hydrogen (secondary N) is 1. The number of rotatable bonds is 5. The maximum atomic E-state index is 4.50. The van der Waals surface area contributed by atoms with E-state index >= 15 is 0 Å². The molecule has 0 bridgehead atoms. The zero-order valence-electron chi connectivity index (χ0n) is 12.7. The molecule has 0 aliphatic carbocycles. The molecule has 0 aliphatic rings. The van der Waals surface area contributed by atoms with Gasteiger partial charge in [0.2, 0.25) is 0 Å². The van der Waals surface area contributed by atoms with Crippen LogP contribution in [0.2, 0.25) is 0 Å². The van der Waals surface area contributed by atoms with Crippen molar-refractivity contribution < 1.29 is 0 Å². The van der Waals surface area contributed by atoms with Gasteiger partial charge >= 0.3 is 0 Å². The highest BCUT2D eigenvalue weighted by Gasteiger charge is 2.07. The van der Waals surface area contributed by atoms with Crippen LogP contribution in [-0.4, -0.2) is 20.7 Å². The molecule has 0 radical (unpaired) electrons. The third-order valence-corrected chi connectivity index (χ3v) is 4.28. The van der Waals surface area contributed by atoms with Gasteiger partial charge in [-0.2, -0.15) is 0 Å². The van der Waals surface area contributed by atoms with Crippen LogP contribution in [0.15, 0.2) is 53.7 Å². The molecule has 1 N–H and O–H groups in total. The normalized spacial score (nSPS) is 12.3. The number of hydrogen-bond acceptors (Lipinski definition) is 5. The van der Waals surface area contributed by atoms with Crippen molar-refractivity contribution in [3.8, 4) is 0 Å². The lowest BCUT2D eigenvalue weighted by Gasteiger charge is -2.15. The standard InChI is InChI=1S/C17H18N4S/c1-3-22-14-6-4-13(5-7-14)12(2)20-16-9-8-15-17(21-16)19-11-10-18-15/h4-12H,3H2,1-2H3,(H,19,20,21). The number of anilines is 1. The van der Waals surface area contributed by atoms with E-state index in [4.69, 9.17) is 0 Å². The summed E-state index contributed by atoms with van der Waals surface area (Å²) in [4.78, 5) is 14.3. The van der Waals surface area contributed by atoms with Gasteiger partial charge in [0.15, 0.2) is 5.65 Å². The van der Waals surface area contributed by atoms with Crippen molar-refractivity contribution in [1.82, 2.24) is 15.0 Å². The molecule has 2 aromatic heterocycles. The fraction of sp³-hybridized carbons (Fsp3) is 0.235. The monoisotopic (exact) mass is 310 g/mol. The van der Waals surface area contributed by atoms with Gasteiger partial charge in [0.1, 0.15) is 11.3 Å². The Morgan fingerprint density at radius 1 is 1.05 bits per heavy atom. The first-order chi connectivity index (χ1) is 10.8. The lowest BCUT2D eigenvalue weighted by Crippen LogP contribution is -2.08. The van der Waals surface area contributed by atoms with Crippen molar-refractivity contribution in [2.75, 3.05) is 11.1 Å². The van der Waals surface area contributed by atoms with E-state index in [9.17, 15) is 0 Å². The van der Waals surface area contributed by atoms with Crippen molar-refractivity contribution in [2.24, 2.45) is 0 Å². The minimum Gasteiger partial charge on any atom is -0.363 e. The second-order valence-corrected chi connectivity index (χ2v) is 6.30. The van der Waals surface area contributed by atoms with E-state index in [0.717, 1.165) is 17.1 Å². The molecular weight excluding hydrogens is 292 g/mol. The van der Waals surface area contributed by atoms with Gasteiger partial charge in [0, 0.05) is 23.3 Å². The van der Waals surface area contributed by atoms with E-state index in [-0.39, 0.29) is 6.04 Å². The third kappa shape index (κ3) is 3.36. The minimum absolute atomic E-state index is 0.183. The molecule has 0 spiro atoms. The van der Waals surface area contributed by atoms with Crippen LogP contribution in [0.3, 0.4) is 0 Å². The Bertz CT molecular complexity index is 758.